The molecule has 2 atom stereocenters. The zero-order valence-corrected chi connectivity index (χ0v) is 14.7. The number of rotatable bonds is 5. The van der Waals surface area contributed by atoms with E-state index in [4.69, 9.17) is 4.74 Å². The number of hydrogen-bond donors (Lipinski definition) is 1. The highest BCUT2D eigenvalue weighted by Crippen LogP contribution is 2.26. The molecule has 2 aliphatic rings. The minimum atomic E-state index is 0.225. The van der Waals surface area contributed by atoms with Crippen LogP contribution in [0.25, 0.3) is 10.9 Å². The number of ether oxygens (including phenoxy) is 1. The zero-order chi connectivity index (χ0) is 16.4. The molecule has 128 valence electrons. The maximum Gasteiger partial charge on any atom is 0.227 e. The zero-order valence-electron chi connectivity index (χ0n) is 13.9. The molecule has 1 amide bonds. The van der Waals surface area contributed by atoms with Crippen molar-refractivity contribution in [1.29, 1.82) is 0 Å². The minimum absolute atomic E-state index is 0.225. The van der Waals surface area contributed by atoms with E-state index in [1.165, 1.54) is 0 Å². The fourth-order valence-electron chi connectivity index (χ4n) is 3.77. The van der Waals surface area contributed by atoms with Crippen LogP contribution in [-0.4, -0.2) is 52.6 Å². The fourth-order valence-corrected chi connectivity index (χ4v) is 5.00. The average molecular weight is 344 g/mol. The molecule has 4 rings (SSSR count). The lowest BCUT2D eigenvalue weighted by Crippen LogP contribution is -2.45. The van der Waals surface area contributed by atoms with Crippen LogP contribution < -0.4 is 0 Å². The number of hydrogen-bond acceptors (Lipinski definition) is 3. The van der Waals surface area contributed by atoms with E-state index in [-0.39, 0.29) is 12.0 Å². The Morgan fingerprint density at radius 3 is 3.04 bits per heavy atom. The lowest BCUT2D eigenvalue weighted by Gasteiger charge is -2.31. The first kappa shape index (κ1) is 16.0. The quantitative estimate of drug-likeness (QED) is 0.906. The first-order valence-corrected chi connectivity index (χ1v) is 10.0. The summed E-state index contributed by atoms with van der Waals surface area (Å²) < 4.78 is 5.79. The van der Waals surface area contributed by atoms with Gasteiger partial charge in [0.15, 0.2) is 0 Å². The van der Waals surface area contributed by atoms with Crippen LogP contribution in [0.4, 0.5) is 0 Å². The lowest BCUT2D eigenvalue weighted by atomic mass is 10.1. The third-order valence-corrected chi connectivity index (χ3v) is 6.25. The largest absolute Gasteiger partial charge is 0.376 e. The van der Waals surface area contributed by atoms with Crippen LogP contribution in [0.3, 0.4) is 0 Å². The van der Waals surface area contributed by atoms with E-state index >= 15 is 0 Å². The Kier molecular flexibility index (Phi) is 4.81. The van der Waals surface area contributed by atoms with Gasteiger partial charge in [-0.05, 0) is 36.6 Å². The highest BCUT2D eigenvalue weighted by atomic mass is 32.2. The van der Waals surface area contributed by atoms with Crippen molar-refractivity contribution in [2.75, 3.05) is 24.7 Å². The van der Waals surface area contributed by atoms with Gasteiger partial charge in [0, 0.05) is 42.0 Å². The molecule has 0 unspecified atom stereocenters. The molecule has 0 bridgehead atoms. The van der Waals surface area contributed by atoms with Gasteiger partial charge in [0.25, 0.3) is 0 Å². The summed E-state index contributed by atoms with van der Waals surface area (Å²) in [5, 5.41) is 1.16. The number of nitrogens with one attached hydrogen (secondary N) is 1. The van der Waals surface area contributed by atoms with Crippen molar-refractivity contribution in [1.82, 2.24) is 9.88 Å². The Morgan fingerprint density at radius 2 is 2.25 bits per heavy atom. The molecule has 1 aromatic carbocycles. The molecule has 2 fully saturated rings. The summed E-state index contributed by atoms with van der Waals surface area (Å²) in [5.74, 6) is 2.46. The van der Waals surface area contributed by atoms with Crippen LogP contribution in [0.15, 0.2) is 30.5 Å². The van der Waals surface area contributed by atoms with Crippen molar-refractivity contribution in [2.45, 2.75) is 37.8 Å². The van der Waals surface area contributed by atoms with E-state index in [0.29, 0.717) is 12.5 Å². The number of fused-ring (bicyclic) bond motifs is 1. The molecule has 3 heterocycles. The molecule has 0 radical (unpaired) electrons. The molecule has 2 saturated heterocycles. The van der Waals surface area contributed by atoms with E-state index in [2.05, 4.69) is 22.0 Å². The average Bonchev–Trinajstić information content (AvgIpc) is 3.35. The molecule has 0 saturated carbocycles. The summed E-state index contributed by atoms with van der Waals surface area (Å²) in [4.78, 5) is 18.5. The monoisotopic (exact) mass is 344 g/mol. The van der Waals surface area contributed by atoms with E-state index in [1.54, 1.807) is 0 Å². The van der Waals surface area contributed by atoms with Gasteiger partial charge < -0.3 is 14.6 Å². The molecule has 2 aliphatic heterocycles. The van der Waals surface area contributed by atoms with Crippen LogP contribution >= 0.6 is 11.8 Å². The number of benzene rings is 1. The fraction of sp³-hybridized carbons (Fsp3) is 0.526. The molecule has 0 aliphatic carbocycles. The Hall–Kier alpha value is -1.46. The highest BCUT2D eigenvalue weighted by Gasteiger charge is 2.30. The summed E-state index contributed by atoms with van der Waals surface area (Å²) in [6.07, 6.45) is 5.98. The lowest BCUT2D eigenvalue weighted by molar-refractivity contribution is -0.134. The second-order valence-corrected chi connectivity index (χ2v) is 7.88. The number of carbonyl (C=O) groups excluding carboxylic acids is 1. The van der Waals surface area contributed by atoms with Gasteiger partial charge in [0.1, 0.15) is 0 Å². The summed E-state index contributed by atoms with van der Waals surface area (Å²) in [6.45, 7) is 1.60. The number of para-hydroxylation sites is 1. The van der Waals surface area contributed by atoms with Crippen molar-refractivity contribution < 1.29 is 9.53 Å². The van der Waals surface area contributed by atoms with Gasteiger partial charge in [-0.1, -0.05) is 18.2 Å². The second-order valence-electron chi connectivity index (χ2n) is 6.73. The maximum atomic E-state index is 13.1. The SMILES string of the molecule is O=C(Cc1c[nH]c2ccccc12)N(C[C@H]1CCCO1)[C@H]1CCSC1. The summed E-state index contributed by atoms with van der Waals surface area (Å²) in [6, 6.07) is 8.56. The standard InChI is InChI=1S/C19H24N2O2S/c22-19(10-14-11-20-18-6-2-1-5-17(14)18)21(15-7-9-24-13-15)12-16-4-3-8-23-16/h1-2,5-6,11,15-16,20H,3-4,7-10,12-13H2/t15-,16+/m0/s1. The molecule has 24 heavy (non-hydrogen) atoms. The first-order chi connectivity index (χ1) is 11.8. The summed E-state index contributed by atoms with van der Waals surface area (Å²) >= 11 is 1.96. The first-order valence-electron chi connectivity index (χ1n) is 8.85. The molecule has 4 nitrogen and oxygen atoms in total. The number of H-pyrrole nitrogens is 1. The van der Waals surface area contributed by atoms with Crippen molar-refractivity contribution in [3.05, 3.63) is 36.0 Å². The number of nitrogens with zero attached hydrogens (tertiary/aromatic N) is 1. The normalized spacial score (nSPS) is 23.8. The van der Waals surface area contributed by atoms with E-state index < -0.39 is 0 Å². The van der Waals surface area contributed by atoms with Crippen molar-refractivity contribution >= 4 is 28.6 Å². The van der Waals surface area contributed by atoms with Gasteiger partial charge in [-0.2, -0.15) is 11.8 Å². The van der Waals surface area contributed by atoms with Crippen molar-refractivity contribution in [3.8, 4) is 0 Å². The third kappa shape index (κ3) is 3.33. The summed E-state index contributed by atoms with van der Waals surface area (Å²) in [7, 11) is 0. The molecule has 5 heteroatoms. The van der Waals surface area contributed by atoms with Gasteiger partial charge in [-0.3, -0.25) is 4.79 Å². The van der Waals surface area contributed by atoms with Crippen LogP contribution in [0.1, 0.15) is 24.8 Å². The van der Waals surface area contributed by atoms with E-state index in [0.717, 1.165) is 60.4 Å². The second kappa shape index (κ2) is 7.19. The number of aromatic nitrogens is 1. The van der Waals surface area contributed by atoms with Crippen LogP contribution in [0.2, 0.25) is 0 Å². The van der Waals surface area contributed by atoms with Crippen molar-refractivity contribution in [3.63, 3.8) is 0 Å². The molecule has 0 spiro atoms. The minimum Gasteiger partial charge on any atom is -0.376 e. The van der Waals surface area contributed by atoms with Gasteiger partial charge in [-0.25, -0.2) is 0 Å². The molecule has 1 N–H and O–H groups in total. The van der Waals surface area contributed by atoms with Gasteiger partial charge >= 0.3 is 0 Å². The van der Waals surface area contributed by atoms with Gasteiger partial charge in [0.05, 0.1) is 12.5 Å². The predicted molar refractivity (Wildman–Crippen MR) is 98.4 cm³/mol. The Bertz CT molecular complexity index is 702. The van der Waals surface area contributed by atoms with Crippen molar-refractivity contribution in [2.24, 2.45) is 0 Å². The number of thioether (sulfide) groups is 1. The Balaban J connectivity index is 1.51. The Morgan fingerprint density at radius 1 is 1.33 bits per heavy atom. The van der Waals surface area contributed by atoms with E-state index in [9.17, 15) is 4.79 Å². The van der Waals surface area contributed by atoms with E-state index in [1.807, 2.05) is 30.1 Å². The molecule has 2 aromatic rings. The number of amides is 1. The number of carbonyl (C=O) groups is 1. The molecule has 1 aromatic heterocycles. The van der Waals surface area contributed by atoms with Crippen LogP contribution in [0.5, 0.6) is 0 Å². The topological polar surface area (TPSA) is 45.3 Å². The Labute approximate surface area is 146 Å². The highest BCUT2D eigenvalue weighted by molar-refractivity contribution is 7.99. The van der Waals surface area contributed by atoms with Gasteiger partial charge in [0.2, 0.25) is 5.91 Å². The summed E-state index contributed by atoms with van der Waals surface area (Å²) in [5.41, 5.74) is 2.20. The maximum absolute atomic E-state index is 13.1. The molecular formula is C19H24N2O2S. The predicted octanol–water partition coefficient (Wildman–Crippen LogP) is 3.22. The molecular weight excluding hydrogens is 320 g/mol. The van der Waals surface area contributed by atoms with Gasteiger partial charge in [-0.15, -0.1) is 0 Å². The van der Waals surface area contributed by atoms with Crippen LogP contribution in [0, 0.1) is 0 Å². The number of aromatic amines is 1. The smallest absolute Gasteiger partial charge is 0.227 e. The van der Waals surface area contributed by atoms with Crippen LogP contribution in [-0.2, 0) is 16.0 Å². The third-order valence-electron chi connectivity index (χ3n) is 5.11.